The molecule has 3 aromatic rings. The Morgan fingerprint density at radius 2 is 1.79 bits per heavy atom. The highest BCUT2D eigenvalue weighted by atomic mass is 32.2. The van der Waals surface area contributed by atoms with Gasteiger partial charge in [-0.05, 0) is 37.3 Å². The second kappa shape index (κ2) is 7.88. The van der Waals surface area contributed by atoms with Gasteiger partial charge in [-0.2, -0.15) is 0 Å². The van der Waals surface area contributed by atoms with Crippen LogP contribution in [0.4, 0.5) is 5.69 Å². The van der Waals surface area contributed by atoms with Gasteiger partial charge in [-0.3, -0.25) is 0 Å². The maximum atomic E-state index is 13.4. The van der Waals surface area contributed by atoms with Crippen molar-refractivity contribution in [1.29, 1.82) is 0 Å². The van der Waals surface area contributed by atoms with E-state index in [1.807, 2.05) is 6.07 Å². The van der Waals surface area contributed by atoms with Crippen molar-refractivity contribution >= 4 is 32.6 Å². The van der Waals surface area contributed by atoms with E-state index in [1.54, 1.807) is 43.3 Å². The molecule has 1 saturated heterocycles. The van der Waals surface area contributed by atoms with Crippen LogP contribution in [-0.2, 0) is 19.5 Å². The molecular formula is C21H22N2O5S. The third-order valence-corrected chi connectivity index (χ3v) is 6.64. The summed E-state index contributed by atoms with van der Waals surface area (Å²) in [4.78, 5) is 14.9. The van der Waals surface area contributed by atoms with Gasteiger partial charge in [0.2, 0.25) is 0 Å². The Kier molecular flexibility index (Phi) is 5.29. The van der Waals surface area contributed by atoms with E-state index >= 15 is 0 Å². The number of esters is 1. The van der Waals surface area contributed by atoms with Crippen molar-refractivity contribution < 1.29 is 22.7 Å². The fraction of sp³-hybridized carbons (Fsp3) is 0.286. The number of morpholine rings is 1. The molecule has 0 unspecified atom stereocenters. The Morgan fingerprint density at radius 3 is 2.48 bits per heavy atom. The Balaban J connectivity index is 1.97. The Bertz CT molecular complexity index is 1130. The Labute approximate surface area is 169 Å². The zero-order valence-electron chi connectivity index (χ0n) is 16.1. The number of benzene rings is 2. The first-order chi connectivity index (χ1) is 14.0. The normalized spacial score (nSPS) is 14.9. The Morgan fingerprint density at radius 1 is 1.07 bits per heavy atom. The summed E-state index contributed by atoms with van der Waals surface area (Å²) in [5.41, 5.74) is 1.31. The number of carbonyl (C=O) groups is 1. The van der Waals surface area contributed by atoms with Crippen molar-refractivity contribution in [2.75, 3.05) is 37.8 Å². The molecule has 0 spiro atoms. The topological polar surface area (TPSA) is 77.8 Å². The molecule has 1 aromatic heterocycles. The molecule has 1 fully saturated rings. The van der Waals surface area contributed by atoms with E-state index in [9.17, 15) is 13.2 Å². The van der Waals surface area contributed by atoms with Crippen LogP contribution in [0, 0.1) is 0 Å². The molecule has 2 aromatic carbocycles. The number of aromatic nitrogens is 1. The van der Waals surface area contributed by atoms with Crippen LogP contribution in [0.5, 0.6) is 0 Å². The van der Waals surface area contributed by atoms with Crippen LogP contribution in [0.1, 0.15) is 17.4 Å². The maximum absolute atomic E-state index is 13.4. The summed E-state index contributed by atoms with van der Waals surface area (Å²) in [6.07, 6.45) is 0. The van der Waals surface area contributed by atoms with Crippen LogP contribution in [0.25, 0.3) is 10.9 Å². The summed E-state index contributed by atoms with van der Waals surface area (Å²) in [5.74, 6) is -0.670. The molecule has 1 aliphatic heterocycles. The van der Waals surface area contributed by atoms with Crippen molar-refractivity contribution in [1.82, 2.24) is 3.97 Å². The number of ether oxygens (including phenoxy) is 2. The summed E-state index contributed by atoms with van der Waals surface area (Å²) >= 11 is 0. The quantitative estimate of drug-likeness (QED) is 0.598. The zero-order valence-corrected chi connectivity index (χ0v) is 16.9. The summed E-state index contributed by atoms with van der Waals surface area (Å²) < 4.78 is 38.6. The summed E-state index contributed by atoms with van der Waals surface area (Å²) in [5, 5.41) is 0.692. The number of hydrogen-bond acceptors (Lipinski definition) is 6. The minimum atomic E-state index is -3.99. The molecule has 0 bridgehead atoms. The standard InChI is InChI=1S/C21H22N2O5S/c1-2-28-21(24)20-15-17-18(22-11-13-27-14-12-22)9-6-10-19(17)23(20)29(25,26)16-7-4-3-5-8-16/h3-10,15H,2,11-14H2,1H3. The van der Waals surface area contributed by atoms with Gasteiger partial charge in [-0.1, -0.05) is 24.3 Å². The van der Waals surface area contributed by atoms with Crippen LogP contribution in [0.3, 0.4) is 0 Å². The predicted molar refractivity (Wildman–Crippen MR) is 110 cm³/mol. The van der Waals surface area contributed by atoms with Gasteiger partial charge in [-0.25, -0.2) is 17.2 Å². The third-order valence-electron chi connectivity index (χ3n) is 4.90. The largest absolute Gasteiger partial charge is 0.461 e. The van der Waals surface area contributed by atoms with Gasteiger partial charge in [-0.15, -0.1) is 0 Å². The minimum Gasteiger partial charge on any atom is -0.461 e. The average Bonchev–Trinajstić information content (AvgIpc) is 3.16. The lowest BCUT2D eigenvalue weighted by atomic mass is 10.2. The average molecular weight is 414 g/mol. The molecule has 0 amide bonds. The second-order valence-corrected chi connectivity index (χ2v) is 8.43. The van der Waals surface area contributed by atoms with Gasteiger partial charge in [0.15, 0.2) is 0 Å². The fourth-order valence-electron chi connectivity index (χ4n) is 3.57. The van der Waals surface area contributed by atoms with E-state index in [0.29, 0.717) is 37.2 Å². The first-order valence-corrected chi connectivity index (χ1v) is 10.9. The van der Waals surface area contributed by atoms with Crippen LogP contribution in [0.2, 0.25) is 0 Å². The number of anilines is 1. The smallest absolute Gasteiger partial charge is 0.356 e. The molecule has 4 rings (SSSR count). The lowest BCUT2D eigenvalue weighted by Gasteiger charge is -2.29. The van der Waals surface area contributed by atoms with E-state index < -0.39 is 16.0 Å². The molecule has 29 heavy (non-hydrogen) atoms. The van der Waals surface area contributed by atoms with Crippen LogP contribution >= 0.6 is 0 Å². The molecule has 1 aliphatic rings. The molecule has 0 radical (unpaired) electrons. The zero-order chi connectivity index (χ0) is 20.4. The maximum Gasteiger partial charge on any atom is 0.356 e. The number of carbonyl (C=O) groups excluding carboxylic acids is 1. The third kappa shape index (κ3) is 3.49. The highest BCUT2D eigenvalue weighted by Gasteiger charge is 2.28. The molecule has 152 valence electrons. The van der Waals surface area contributed by atoms with Crippen molar-refractivity contribution in [2.24, 2.45) is 0 Å². The Hall–Kier alpha value is -2.84. The van der Waals surface area contributed by atoms with Crippen molar-refractivity contribution in [3.8, 4) is 0 Å². The summed E-state index contributed by atoms with van der Waals surface area (Å²) in [6, 6.07) is 15.1. The molecular weight excluding hydrogens is 392 g/mol. The van der Waals surface area contributed by atoms with Crippen molar-refractivity contribution in [3.05, 3.63) is 60.3 Å². The van der Waals surface area contributed by atoms with E-state index in [0.717, 1.165) is 9.66 Å². The second-order valence-electron chi connectivity index (χ2n) is 6.64. The van der Waals surface area contributed by atoms with Gasteiger partial charge < -0.3 is 14.4 Å². The molecule has 2 heterocycles. The monoisotopic (exact) mass is 414 g/mol. The predicted octanol–water partition coefficient (Wildman–Crippen LogP) is 2.89. The lowest BCUT2D eigenvalue weighted by Crippen LogP contribution is -2.36. The molecule has 0 atom stereocenters. The first-order valence-electron chi connectivity index (χ1n) is 9.49. The molecule has 0 aliphatic carbocycles. The van der Waals surface area contributed by atoms with Crippen molar-refractivity contribution in [3.63, 3.8) is 0 Å². The van der Waals surface area contributed by atoms with Gasteiger partial charge in [0, 0.05) is 24.2 Å². The number of rotatable bonds is 5. The highest BCUT2D eigenvalue weighted by molar-refractivity contribution is 7.90. The fourth-order valence-corrected chi connectivity index (χ4v) is 5.09. The SMILES string of the molecule is CCOC(=O)c1cc2c(N3CCOCC3)cccc2n1S(=O)(=O)c1ccccc1. The van der Waals surface area contributed by atoms with E-state index in [-0.39, 0.29) is 17.2 Å². The minimum absolute atomic E-state index is 0.00795. The van der Waals surface area contributed by atoms with E-state index in [1.165, 1.54) is 12.1 Å². The lowest BCUT2D eigenvalue weighted by molar-refractivity contribution is 0.0518. The van der Waals surface area contributed by atoms with Gasteiger partial charge >= 0.3 is 5.97 Å². The molecule has 8 heteroatoms. The summed E-state index contributed by atoms with van der Waals surface area (Å²) in [6.45, 7) is 4.45. The van der Waals surface area contributed by atoms with E-state index in [2.05, 4.69) is 4.90 Å². The molecule has 0 N–H and O–H groups in total. The van der Waals surface area contributed by atoms with Crippen molar-refractivity contribution in [2.45, 2.75) is 11.8 Å². The van der Waals surface area contributed by atoms with Gasteiger partial charge in [0.1, 0.15) is 5.69 Å². The van der Waals surface area contributed by atoms with Gasteiger partial charge in [0.05, 0.1) is 30.2 Å². The number of nitrogens with zero attached hydrogens (tertiary/aromatic N) is 2. The van der Waals surface area contributed by atoms with E-state index in [4.69, 9.17) is 9.47 Å². The number of hydrogen-bond donors (Lipinski definition) is 0. The molecule has 7 nitrogen and oxygen atoms in total. The number of fused-ring (bicyclic) bond motifs is 1. The van der Waals surface area contributed by atoms with Crippen LogP contribution in [0.15, 0.2) is 59.5 Å². The van der Waals surface area contributed by atoms with Crippen LogP contribution < -0.4 is 4.90 Å². The van der Waals surface area contributed by atoms with Gasteiger partial charge in [0.25, 0.3) is 10.0 Å². The first kappa shape index (κ1) is 19.5. The highest BCUT2D eigenvalue weighted by Crippen LogP contribution is 2.33. The van der Waals surface area contributed by atoms with Crippen LogP contribution in [-0.4, -0.2) is 51.3 Å². The summed E-state index contributed by atoms with van der Waals surface area (Å²) in [7, 11) is -3.99. The molecule has 0 saturated carbocycles.